The van der Waals surface area contributed by atoms with E-state index in [1.165, 1.54) is 4.90 Å². The van der Waals surface area contributed by atoms with Gasteiger partial charge in [-0.15, -0.1) is 11.3 Å². The van der Waals surface area contributed by atoms with Crippen molar-refractivity contribution in [3.8, 4) is 0 Å². The fourth-order valence-electron chi connectivity index (χ4n) is 5.72. The van der Waals surface area contributed by atoms with Crippen LogP contribution in [0.15, 0.2) is 101 Å². The molecule has 1 saturated heterocycles. The van der Waals surface area contributed by atoms with Gasteiger partial charge < -0.3 is 14.6 Å². The summed E-state index contributed by atoms with van der Waals surface area (Å²) in [4.78, 5) is 31.8. The predicted octanol–water partition coefficient (Wildman–Crippen LogP) is 7.17. The number of thioether (sulfide) groups is 1. The highest BCUT2D eigenvalue weighted by molar-refractivity contribution is 8.01. The molecule has 222 valence electrons. The normalized spacial score (nSPS) is 21.6. The molecular weight excluding hydrogens is 593 g/mol. The third kappa shape index (κ3) is 5.58. The molecule has 0 radical (unpaired) electrons. The molecule has 5 aromatic rings. The Bertz CT molecular complexity index is 1750. The molecule has 2 aliphatic heterocycles. The quantitative estimate of drug-likeness (QED) is 0.145. The lowest BCUT2D eigenvalue weighted by atomic mass is 9.91. The Morgan fingerprint density at radius 1 is 0.818 bits per heavy atom. The minimum atomic E-state index is -0.608. The van der Waals surface area contributed by atoms with Crippen molar-refractivity contribution in [1.29, 1.82) is 0 Å². The second-order valence-electron chi connectivity index (χ2n) is 11.1. The number of aromatic nitrogens is 1. The highest BCUT2D eigenvalue weighted by Gasteiger charge is 2.39. The molecule has 4 aromatic carbocycles. The van der Waals surface area contributed by atoms with E-state index in [1.807, 2.05) is 66.7 Å². The van der Waals surface area contributed by atoms with Gasteiger partial charge in [-0.05, 0) is 41.0 Å². The van der Waals surface area contributed by atoms with E-state index in [0.717, 1.165) is 36.8 Å². The minimum absolute atomic E-state index is 0.0123. The van der Waals surface area contributed by atoms with Crippen LogP contribution in [0, 0.1) is 5.92 Å². The predicted molar refractivity (Wildman–Crippen MR) is 170 cm³/mol. The van der Waals surface area contributed by atoms with Crippen molar-refractivity contribution in [2.75, 3.05) is 5.75 Å². The first-order chi connectivity index (χ1) is 21.5. The van der Waals surface area contributed by atoms with Gasteiger partial charge in [0.25, 0.3) is 11.8 Å². The highest BCUT2D eigenvalue weighted by atomic mass is 32.2. The summed E-state index contributed by atoms with van der Waals surface area (Å²) in [7, 11) is 0. The summed E-state index contributed by atoms with van der Waals surface area (Å²) in [6.45, 7) is 2.33. The fourth-order valence-corrected chi connectivity index (χ4v) is 7.98. The number of hydrogen-bond acceptors (Lipinski definition) is 8. The van der Waals surface area contributed by atoms with Gasteiger partial charge in [-0.3, -0.25) is 14.5 Å². The molecule has 1 fully saturated rings. The minimum Gasteiger partial charge on any atom is -0.392 e. The molecule has 7 rings (SSSR count). The van der Waals surface area contributed by atoms with Crippen molar-refractivity contribution in [2.45, 2.75) is 42.9 Å². The molecular formula is C35H30N2O5S2. The van der Waals surface area contributed by atoms with E-state index in [2.05, 4.69) is 13.0 Å². The Labute approximate surface area is 263 Å². The summed E-state index contributed by atoms with van der Waals surface area (Å²) in [5.74, 6) is 0.225. The van der Waals surface area contributed by atoms with Gasteiger partial charge in [0.2, 0.25) is 0 Å². The van der Waals surface area contributed by atoms with Crippen molar-refractivity contribution in [3.05, 3.63) is 130 Å². The number of carbonyl (C=O) groups is 2. The number of amides is 2. The lowest BCUT2D eigenvalue weighted by molar-refractivity contribution is -0.268. The second-order valence-corrected chi connectivity index (χ2v) is 13.4. The smallest absolute Gasteiger partial charge is 0.261 e. The zero-order valence-electron chi connectivity index (χ0n) is 24.0. The van der Waals surface area contributed by atoms with Crippen LogP contribution in [0.5, 0.6) is 0 Å². The molecule has 3 heterocycles. The van der Waals surface area contributed by atoms with Crippen LogP contribution in [0.3, 0.4) is 0 Å². The maximum atomic E-state index is 12.9. The van der Waals surface area contributed by atoms with Crippen LogP contribution in [-0.2, 0) is 22.6 Å². The van der Waals surface area contributed by atoms with Crippen molar-refractivity contribution < 1.29 is 24.2 Å². The van der Waals surface area contributed by atoms with E-state index < -0.39 is 6.29 Å². The molecule has 2 aliphatic rings. The first-order valence-corrected chi connectivity index (χ1v) is 16.3. The number of para-hydroxylation sites is 1. The molecule has 2 amide bonds. The number of fused-ring (bicyclic) bond motifs is 2. The van der Waals surface area contributed by atoms with Gasteiger partial charge in [0, 0.05) is 17.2 Å². The number of aliphatic hydroxyl groups excluding tert-OH is 1. The molecule has 4 atom stereocenters. The summed E-state index contributed by atoms with van der Waals surface area (Å²) in [6, 6.07) is 30.7. The van der Waals surface area contributed by atoms with Crippen molar-refractivity contribution >= 4 is 45.1 Å². The Hall–Kier alpha value is -3.86. The number of hydrogen-bond donors (Lipinski definition) is 1. The topological polar surface area (TPSA) is 89.0 Å². The number of carbonyl (C=O) groups excluding carboxylic acids is 2. The third-order valence-corrected chi connectivity index (χ3v) is 10.5. The molecule has 1 aromatic heterocycles. The number of thiazole rings is 1. The molecule has 44 heavy (non-hydrogen) atoms. The summed E-state index contributed by atoms with van der Waals surface area (Å²) in [5.41, 5.74) is 5.46. The number of ether oxygens (including phenoxy) is 2. The SMILES string of the molecule is CC1C(CSc2nc3ccccc3s2)OC(c2ccc(CN3C(=O)c4ccccc4C3=O)cc2)OC1c1ccc(CO)cc1. The molecule has 0 aliphatic carbocycles. The molecule has 9 heteroatoms. The van der Waals surface area contributed by atoms with Gasteiger partial charge in [0.15, 0.2) is 10.6 Å². The number of benzene rings is 4. The maximum absolute atomic E-state index is 12.9. The molecule has 0 saturated carbocycles. The average Bonchev–Trinajstić information content (AvgIpc) is 3.59. The Morgan fingerprint density at radius 2 is 1.45 bits per heavy atom. The average molecular weight is 623 g/mol. The van der Waals surface area contributed by atoms with Gasteiger partial charge in [-0.1, -0.05) is 91.5 Å². The van der Waals surface area contributed by atoms with Gasteiger partial charge in [0.05, 0.1) is 46.7 Å². The molecule has 1 N–H and O–H groups in total. The van der Waals surface area contributed by atoms with Crippen molar-refractivity contribution in [3.63, 3.8) is 0 Å². The summed E-state index contributed by atoms with van der Waals surface area (Å²) in [5, 5.41) is 9.54. The molecule has 4 unspecified atom stereocenters. The van der Waals surface area contributed by atoms with Gasteiger partial charge in [0.1, 0.15) is 0 Å². The summed E-state index contributed by atoms with van der Waals surface area (Å²) < 4.78 is 15.4. The van der Waals surface area contributed by atoms with E-state index in [-0.39, 0.29) is 43.1 Å². The molecule has 0 spiro atoms. The zero-order valence-corrected chi connectivity index (χ0v) is 25.6. The monoisotopic (exact) mass is 622 g/mol. The third-order valence-electron chi connectivity index (χ3n) is 8.24. The van der Waals surface area contributed by atoms with Crippen LogP contribution in [0.1, 0.15) is 62.3 Å². The number of rotatable bonds is 8. The van der Waals surface area contributed by atoms with E-state index in [1.54, 1.807) is 47.4 Å². The van der Waals surface area contributed by atoms with Crippen LogP contribution in [-0.4, -0.2) is 38.7 Å². The first kappa shape index (κ1) is 28.9. The van der Waals surface area contributed by atoms with Gasteiger partial charge in [-0.25, -0.2) is 4.98 Å². The van der Waals surface area contributed by atoms with Gasteiger partial charge >= 0.3 is 0 Å². The standard InChI is InChI=1S/C35H30N2O5S2/c1-21-29(20-43-35-36-28-8-4-5-9-30(28)44-35)41-34(42-31(21)24-14-12-23(19-38)13-15-24)25-16-10-22(11-17-25)18-37-32(39)26-6-2-3-7-27(26)33(37)40/h2-17,21,29,31,34,38H,18-20H2,1H3. The van der Waals surface area contributed by atoms with Crippen molar-refractivity contribution in [1.82, 2.24) is 9.88 Å². The highest BCUT2D eigenvalue weighted by Crippen LogP contribution is 2.43. The fraction of sp³-hybridized carbons (Fsp3) is 0.229. The second kappa shape index (κ2) is 12.3. The molecule has 7 nitrogen and oxygen atoms in total. The Morgan fingerprint density at radius 3 is 2.14 bits per heavy atom. The Kier molecular flexibility index (Phi) is 8.05. The van der Waals surface area contributed by atoms with E-state index >= 15 is 0 Å². The maximum Gasteiger partial charge on any atom is 0.261 e. The number of nitrogens with zero attached hydrogens (tertiary/aromatic N) is 2. The van der Waals surface area contributed by atoms with Crippen LogP contribution in [0.25, 0.3) is 10.2 Å². The largest absolute Gasteiger partial charge is 0.392 e. The van der Waals surface area contributed by atoms with E-state index in [4.69, 9.17) is 14.5 Å². The van der Waals surface area contributed by atoms with Crippen LogP contribution < -0.4 is 0 Å². The van der Waals surface area contributed by atoms with Crippen LogP contribution in [0.2, 0.25) is 0 Å². The number of imide groups is 1. The lowest BCUT2D eigenvalue weighted by Crippen LogP contribution is -2.38. The van der Waals surface area contributed by atoms with Crippen LogP contribution in [0.4, 0.5) is 0 Å². The number of aliphatic hydroxyl groups is 1. The zero-order chi connectivity index (χ0) is 30.2. The van der Waals surface area contributed by atoms with E-state index in [9.17, 15) is 14.7 Å². The van der Waals surface area contributed by atoms with Crippen molar-refractivity contribution in [2.24, 2.45) is 5.92 Å². The van der Waals surface area contributed by atoms with E-state index in [0.29, 0.717) is 16.9 Å². The molecule has 0 bridgehead atoms. The summed E-state index contributed by atoms with van der Waals surface area (Å²) >= 11 is 3.38. The first-order valence-electron chi connectivity index (χ1n) is 14.5. The van der Waals surface area contributed by atoms with Gasteiger partial charge in [-0.2, -0.15) is 0 Å². The lowest BCUT2D eigenvalue weighted by Gasteiger charge is -2.41. The Balaban J connectivity index is 1.10. The van der Waals surface area contributed by atoms with Crippen LogP contribution >= 0.6 is 23.1 Å². The summed E-state index contributed by atoms with van der Waals surface area (Å²) in [6.07, 6.45) is -0.949.